The minimum atomic E-state index is -0.874. The van der Waals surface area contributed by atoms with Crippen molar-refractivity contribution in [2.45, 2.75) is 12.1 Å². The Morgan fingerprint density at radius 2 is 2.10 bits per heavy atom. The average Bonchev–Trinajstić information content (AvgIpc) is 2.79. The zero-order chi connectivity index (χ0) is 14.5. The van der Waals surface area contributed by atoms with Crippen LogP contribution in [-0.4, -0.2) is 38.2 Å². The quantitative estimate of drug-likeness (QED) is 0.821. The molecule has 7 heteroatoms. The van der Waals surface area contributed by atoms with Crippen LogP contribution in [0.15, 0.2) is 29.4 Å². The highest BCUT2D eigenvalue weighted by molar-refractivity contribution is 7.99. The Balaban J connectivity index is 2.16. The van der Waals surface area contributed by atoms with Crippen LogP contribution in [0.25, 0.3) is 11.4 Å². The first-order chi connectivity index (χ1) is 9.60. The van der Waals surface area contributed by atoms with Crippen molar-refractivity contribution in [3.05, 3.63) is 24.3 Å². The van der Waals surface area contributed by atoms with Gasteiger partial charge in [-0.1, -0.05) is 11.8 Å². The van der Waals surface area contributed by atoms with Crippen LogP contribution < -0.4 is 4.74 Å². The average molecular weight is 293 g/mol. The molecule has 2 rings (SSSR count). The molecule has 0 aliphatic rings. The summed E-state index contributed by atoms with van der Waals surface area (Å²) in [5, 5.41) is 13.5. The van der Waals surface area contributed by atoms with Crippen LogP contribution in [0.4, 0.5) is 0 Å². The van der Waals surface area contributed by atoms with Crippen LogP contribution in [0.2, 0.25) is 0 Å². The molecule has 0 aliphatic heterocycles. The van der Waals surface area contributed by atoms with Crippen molar-refractivity contribution in [2.24, 2.45) is 7.05 Å². The zero-order valence-corrected chi connectivity index (χ0v) is 12.1. The molecule has 0 aliphatic carbocycles. The van der Waals surface area contributed by atoms with E-state index < -0.39 is 5.97 Å². The first-order valence-corrected chi connectivity index (χ1v) is 7.07. The second-order valence-electron chi connectivity index (χ2n) is 3.98. The number of carboxylic acid groups (broad SMARTS) is 1. The summed E-state index contributed by atoms with van der Waals surface area (Å²) >= 11 is 1.15. The fourth-order valence-electron chi connectivity index (χ4n) is 1.61. The number of nitrogens with zero attached hydrogens (tertiary/aromatic N) is 3. The molecule has 6 nitrogen and oxygen atoms in total. The molecule has 20 heavy (non-hydrogen) atoms. The number of aryl methyl sites for hydroxylation is 1. The molecule has 0 spiro atoms. The summed E-state index contributed by atoms with van der Waals surface area (Å²) in [4.78, 5) is 14.9. The number of hydrogen-bond acceptors (Lipinski definition) is 5. The van der Waals surface area contributed by atoms with Gasteiger partial charge in [0.05, 0.1) is 12.4 Å². The van der Waals surface area contributed by atoms with Crippen LogP contribution >= 0.6 is 11.8 Å². The van der Waals surface area contributed by atoms with Gasteiger partial charge in [-0.3, -0.25) is 4.79 Å². The monoisotopic (exact) mass is 293 g/mol. The standard InChI is InChI=1S/C13H15N3O3S/c1-3-19-10-6-4-9(5-7-10)12-14-13(16(2)15-12)20-8-11(17)18/h4-7H,3,8H2,1-2H3,(H,17,18). The molecule has 0 radical (unpaired) electrons. The molecule has 0 saturated carbocycles. The molecule has 1 aromatic carbocycles. The fourth-order valence-corrected chi connectivity index (χ4v) is 2.24. The second kappa shape index (κ2) is 6.42. The van der Waals surface area contributed by atoms with E-state index in [0.29, 0.717) is 17.6 Å². The molecular formula is C13H15N3O3S. The maximum Gasteiger partial charge on any atom is 0.313 e. The Morgan fingerprint density at radius 3 is 2.70 bits per heavy atom. The Morgan fingerprint density at radius 1 is 1.40 bits per heavy atom. The van der Waals surface area contributed by atoms with Gasteiger partial charge in [-0.2, -0.15) is 5.10 Å². The number of thioether (sulfide) groups is 1. The lowest BCUT2D eigenvalue weighted by Crippen LogP contribution is -2.00. The van der Waals surface area contributed by atoms with Gasteiger partial charge in [0.1, 0.15) is 5.75 Å². The Hall–Kier alpha value is -2.02. The van der Waals surface area contributed by atoms with Crippen molar-refractivity contribution in [3.63, 3.8) is 0 Å². The van der Waals surface area contributed by atoms with E-state index in [1.807, 2.05) is 31.2 Å². The third-order valence-electron chi connectivity index (χ3n) is 2.47. The van der Waals surface area contributed by atoms with Crippen molar-refractivity contribution >= 4 is 17.7 Å². The van der Waals surface area contributed by atoms with Crippen molar-refractivity contribution < 1.29 is 14.6 Å². The number of carbonyl (C=O) groups is 1. The van der Waals surface area contributed by atoms with E-state index in [1.165, 1.54) is 0 Å². The highest BCUT2D eigenvalue weighted by atomic mass is 32.2. The highest BCUT2D eigenvalue weighted by Crippen LogP contribution is 2.23. The molecule has 0 fully saturated rings. The Labute approximate surface area is 120 Å². The predicted molar refractivity (Wildman–Crippen MR) is 76.0 cm³/mol. The molecule has 2 aromatic rings. The van der Waals surface area contributed by atoms with E-state index in [9.17, 15) is 4.79 Å². The maximum absolute atomic E-state index is 10.6. The van der Waals surface area contributed by atoms with Gasteiger partial charge in [0.25, 0.3) is 0 Å². The summed E-state index contributed by atoms with van der Waals surface area (Å²) in [5.74, 6) is 0.464. The number of benzene rings is 1. The van der Waals surface area contributed by atoms with Crippen molar-refractivity contribution in [3.8, 4) is 17.1 Å². The summed E-state index contributed by atoms with van der Waals surface area (Å²) < 4.78 is 6.96. The van der Waals surface area contributed by atoms with E-state index >= 15 is 0 Å². The van der Waals surface area contributed by atoms with Crippen LogP contribution in [0.1, 0.15) is 6.92 Å². The van der Waals surface area contributed by atoms with Gasteiger partial charge >= 0.3 is 5.97 Å². The van der Waals surface area contributed by atoms with Crippen LogP contribution in [-0.2, 0) is 11.8 Å². The lowest BCUT2D eigenvalue weighted by Gasteiger charge is -2.02. The lowest BCUT2D eigenvalue weighted by atomic mass is 10.2. The third kappa shape index (κ3) is 3.51. The van der Waals surface area contributed by atoms with Gasteiger partial charge in [-0.15, -0.1) is 0 Å². The second-order valence-corrected chi connectivity index (χ2v) is 4.92. The summed E-state index contributed by atoms with van der Waals surface area (Å²) in [6.07, 6.45) is 0. The van der Waals surface area contributed by atoms with Gasteiger partial charge in [0.15, 0.2) is 11.0 Å². The smallest absolute Gasteiger partial charge is 0.313 e. The number of ether oxygens (including phenoxy) is 1. The van der Waals surface area contributed by atoms with Crippen LogP contribution in [0.3, 0.4) is 0 Å². The van der Waals surface area contributed by atoms with Gasteiger partial charge in [-0.25, -0.2) is 9.67 Å². The predicted octanol–water partition coefficient (Wildman–Crippen LogP) is 2.06. The molecule has 1 aromatic heterocycles. The minimum Gasteiger partial charge on any atom is -0.494 e. The molecule has 0 amide bonds. The van der Waals surface area contributed by atoms with Crippen LogP contribution in [0, 0.1) is 0 Å². The molecule has 0 saturated heterocycles. The summed E-state index contributed by atoms with van der Waals surface area (Å²) in [6.45, 7) is 2.55. The largest absolute Gasteiger partial charge is 0.494 e. The lowest BCUT2D eigenvalue weighted by molar-refractivity contribution is -0.133. The van der Waals surface area contributed by atoms with E-state index in [0.717, 1.165) is 23.1 Å². The van der Waals surface area contributed by atoms with Gasteiger partial charge in [-0.05, 0) is 31.2 Å². The van der Waals surface area contributed by atoms with Crippen molar-refractivity contribution in [1.82, 2.24) is 14.8 Å². The molecular weight excluding hydrogens is 278 g/mol. The number of hydrogen-bond donors (Lipinski definition) is 1. The first kappa shape index (κ1) is 14.4. The topological polar surface area (TPSA) is 77.2 Å². The fraction of sp³-hybridized carbons (Fsp3) is 0.308. The maximum atomic E-state index is 10.6. The normalized spacial score (nSPS) is 10.5. The van der Waals surface area contributed by atoms with Gasteiger partial charge < -0.3 is 9.84 Å². The van der Waals surface area contributed by atoms with E-state index in [4.69, 9.17) is 9.84 Å². The molecule has 1 heterocycles. The first-order valence-electron chi connectivity index (χ1n) is 6.09. The Bertz CT molecular complexity index is 595. The highest BCUT2D eigenvalue weighted by Gasteiger charge is 2.11. The SMILES string of the molecule is CCOc1ccc(-c2nc(SCC(=O)O)n(C)n2)cc1. The molecule has 1 N–H and O–H groups in total. The van der Waals surface area contributed by atoms with E-state index in [2.05, 4.69) is 10.1 Å². The van der Waals surface area contributed by atoms with E-state index in [1.54, 1.807) is 11.7 Å². The van der Waals surface area contributed by atoms with Gasteiger partial charge in [0, 0.05) is 12.6 Å². The third-order valence-corrected chi connectivity index (χ3v) is 3.48. The summed E-state index contributed by atoms with van der Waals surface area (Å²) in [7, 11) is 1.75. The van der Waals surface area contributed by atoms with Crippen molar-refractivity contribution in [1.29, 1.82) is 0 Å². The number of aromatic nitrogens is 3. The summed E-state index contributed by atoms with van der Waals surface area (Å²) in [6, 6.07) is 7.48. The number of aliphatic carboxylic acids is 1. The number of rotatable bonds is 6. The molecule has 106 valence electrons. The zero-order valence-electron chi connectivity index (χ0n) is 11.2. The van der Waals surface area contributed by atoms with E-state index in [-0.39, 0.29) is 5.75 Å². The molecule has 0 bridgehead atoms. The summed E-state index contributed by atoms with van der Waals surface area (Å²) in [5.41, 5.74) is 0.867. The van der Waals surface area contributed by atoms with Crippen molar-refractivity contribution in [2.75, 3.05) is 12.4 Å². The minimum absolute atomic E-state index is 0.0325. The molecule has 0 unspecified atom stereocenters. The molecule has 0 atom stereocenters. The van der Waals surface area contributed by atoms with Gasteiger partial charge in [0.2, 0.25) is 0 Å². The Kier molecular flexibility index (Phi) is 4.62. The number of carboxylic acids is 1. The van der Waals surface area contributed by atoms with Crippen LogP contribution in [0.5, 0.6) is 5.75 Å².